The Morgan fingerprint density at radius 3 is 2.71 bits per heavy atom. The maximum atomic E-state index is 12.3. The molecule has 0 aliphatic carbocycles. The molecule has 0 bridgehead atoms. The van der Waals surface area contributed by atoms with Gasteiger partial charge >= 0.3 is 5.97 Å². The molecule has 6 nitrogen and oxygen atoms in total. The summed E-state index contributed by atoms with van der Waals surface area (Å²) in [4.78, 5) is 25.8. The Bertz CT molecular complexity index is 752. The molecule has 132 valence electrons. The van der Waals surface area contributed by atoms with E-state index < -0.39 is 28.3 Å². The maximum Gasteiger partial charge on any atom is 0.340 e. The van der Waals surface area contributed by atoms with Gasteiger partial charge in [0.1, 0.15) is 0 Å². The van der Waals surface area contributed by atoms with Crippen LogP contribution in [0.15, 0.2) is 22.7 Å². The third kappa shape index (κ3) is 4.70. The summed E-state index contributed by atoms with van der Waals surface area (Å²) >= 11 is 9.18. The van der Waals surface area contributed by atoms with Crippen molar-refractivity contribution < 1.29 is 22.7 Å². The predicted octanol–water partition coefficient (Wildman–Crippen LogP) is 2.29. The Morgan fingerprint density at radius 2 is 2.12 bits per heavy atom. The monoisotopic (exact) mass is 437 g/mol. The van der Waals surface area contributed by atoms with Crippen molar-refractivity contribution in [1.29, 1.82) is 0 Å². The molecule has 1 amide bonds. The van der Waals surface area contributed by atoms with E-state index in [1.165, 1.54) is 11.0 Å². The van der Waals surface area contributed by atoms with Gasteiger partial charge < -0.3 is 9.64 Å². The summed E-state index contributed by atoms with van der Waals surface area (Å²) in [6.07, 6.45) is 0.410. The molecule has 0 spiro atoms. The highest BCUT2D eigenvalue weighted by Crippen LogP contribution is 2.22. The molecule has 1 aromatic rings. The first-order chi connectivity index (χ1) is 11.2. The summed E-state index contributed by atoms with van der Waals surface area (Å²) in [5.74, 6) is -1.09. The first-order valence-electron chi connectivity index (χ1n) is 7.35. The van der Waals surface area contributed by atoms with Gasteiger partial charge in [-0.1, -0.05) is 27.5 Å². The standard InChI is InChI=1S/C15H17BrClNO5S/c1-2-18(11-5-6-24(21,22)9-11)14(19)8-23-15(20)12-7-10(16)3-4-13(12)17/h3-4,7,11H,2,5-6,8-9H2,1H3. The van der Waals surface area contributed by atoms with E-state index in [2.05, 4.69) is 15.9 Å². The van der Waals surface area contributed by atoms with Gasteiger partial charge in [0.15, 0.2) is 16.4 Å². The topological polar surface area (TPSA) is 80.8 Å². The minimum Gasteiger partial charge on any atom is -0.452 e. The van der Waals surface area contributed by atoms with Crippen molar-refractivity contribution in [2.24, 2.45) is 0 Å². The minimum atomic E-state index is -3.09. The lowest BCUT2D eigenvalue weighted by Gasteiger charge is -2.26. The predicted molar refractivity (Wildman–Crippen MR) is 93.9 cm³/mol. The summed E-state index contributed by atoms with van der Waals surface area (Å²) in [6, 6.07) is 4.38. The van der Waals surface area contributed by atoms with Gasteiger partial charge in [-0.2, -0.15) is 0 Å². The van der Waals surface area contributed by atoms with E-state index in [0.29, 0.717) is 17.4 Å². The second-order valence-corrected chi connectivity index (χ2v) is 8.99. The molecule has 0 aromatic heterocycles. The molecule has 1 fully saturated rings. The molecule has 0 N–H and O–H groups in total. The second-order valence-electron chi connectivity index (χ2n) is 5.44. The normalized spacial score (nSPS) is 19.0. The second kappa shape index (κ2) is 7.84. The number of sulfone groups is 1. The van der Waals surface area contributed by atoms with E-state index in [4.69, 9.17) is 16.3 Å². The van der Waals surface area contributed by atoms with Crippen molar-refractivity contribution in [3.63, 3.8) is 0 Å². The smallest absolute Gasteiger partial charge is 0.340 e. The van der Waals surface area contributed by atoms with Gasteiger partial charge in [0.25, 0.3) is 5.91 Å². The molecule has 0 radical (unpaired) electrons. The first-order valence-corrected chi connectivity index (χ1v) is 10.3. The van der Waals surface area contributed by atoms with Crippen LogP contribution in [0.25, 0.3) is 0 Å². The van der Waals surface area contributed by atoms with Crippen molar-refractivity contribution >= 4 is 49.2 Å². The number of halogens is 2. The van der Waals surface area contributed by atoms with Crippen LogP contribution in [-0.2, 0) is 19.4 Å². The van der Waals surface area contributed by atoms with Crippen LogP contribution in [0.2, 0.25) is 5.02 Å². The van der Waals surface area contributed by atoms with Crippen LogP contribution in [0.3, 0.4) is 0 Å². The number of hydrogen-bond donors (Lipinski definition) is 0. The molecule has 0 saturated carbocycles. The van der Waals surface area contributed by atoms with E-state index in [9.17, 15) is 18.0 Å². The van der Waals surface area contributed by atoms with E-state index in [0.717, 1.165) is 0 Å². The van der Waals surface area contributed by atoms with E-state index in [1.54, 1.807) is 19.1 Å². The van der Waals surface area contributed by atoms with Crippen LogP contribution >= 0.6 is 27.5 Å². The van der Waals surface area contributed by atoms with Gasteiger partial charge in [-0.15, -0.1) is 0 Å². The molecule has 2 rings (SSSR count). The van der Waals surface area contributed by atoms with Gasteiger partial charge in [0.2, 0.25) is 0 Å². The molecule has 1 aliphatic rings. The highest BCUT2D eigenvalue weighted by atomic mass is 79.9. The van der Waals surface area contributed by atoms with Gasteiger partial charge in [0.05, 0.1) is 22.1 Å². The van der Waals surface area contributed by atoms with E-state index in [1.807, 2.05) is 0 Å². The molecule has 9 heteroatoms. The Balaban J connectivity index is 1.98. The number of nitrogens with zero attached hydrogens (tertiary/aromatic N) is 1. The molecular formula is C15H17BrClNO5S. The van der Waals surface area contributed by atoms with Crippen LogP contribution in [0, 0.1) is 0 Å². The maximum absolute atomic E-state index is 12.3. The summed E-state index contributed by atoms with van der Waals surface area (Å²) in [6.45, 7) is 1.66. The van der Waals surface area contributed by atoms with Crippen molar-refractivity contribution in [2.75, 3.05) is 24.7 Å². The Morgan fingerprint density at radius 1 is 1.42 bits per heavy atom. The molecule has 1 heterocycles. The Kier molecular flexibility index (Phi) is 6.28. The summed E-state index contributed by atoms with van der Waals surface area (Å²) in [5, 5.41) is 0.227. The lowest BCUT2D eigenvalue weighted by Crippen LogP contribution is -2.43. The number of amides is 1. The lowest BCUT2D eigenvalue weighted by molar-refractivity contribution is -0.136. The fraction of sp³-hybridized carbons (Fsp3) is 0.467. The fourth-order valence-corrected chi connectivity index (χ4v) is 4.89. The van der Waals surface area contributed by atoms with Gasteiger partial charge in [0, 0.05) is 17.1 Å². The first kappa shape index (κ1) is 19.2. The van der Waals surface area contributed by atoms with Crippen molar-refractivity contribution in [3.8, 4) is 0 Å². The van der Waals surface area contributed by atoms with Gasteiger partial charge in [-0.3, -0.25) is 4.79 Å². The van der Waals surface area contributed by atoms with E-state index in [-0.39, 0.29) is 28.1 Å². The highest BCUT2D eigenvalue weighted by Gasteiger charge is 2.34. The molecular weight excluding hydrogens is 422 g/mol. The number of likely N-dealkylation sites (N-methyl/N-ethyl adjacent to an activating group) is 1. The molecule has 1 aliphatic heterocycles. The van der Waals surface area contributed by atoms with Crippen LogP contribution in [0.4, 0.5) is 0 Å². The molecule has 1 unspecified atom stereocenters. The zero-order valence-corrected chi connectivity index (χ0v) is 16.2. The minimum absolute atomic E-state index is 0.0437. The Hall–Kier alpha value is -1.12. The third-order valence-electron chi connectivity index (χ3n) is 3.79. The molecule has 1 atom stereocenters. The van der Waals surface area contributed by atoms with Crippen LogP contribution < -0.4 is 0 Å². The van der Waals surface area contributed by atoms with Crippen molar-refractivity contribution in [3.05, 3.63) is 33.3 Å². The quantitative estimate of drug-likeness (QED) is 0.659. The number of carbonyl (C=O) groups is 2. The van der Waals surface area contributed by atoms with Gasteiger partial charge in [-0.25, -0.2) is 13.2 Å². The number of rotatable bonds is 5. The van der Waals surface area contributed by atoms with Crippen LogP contribution in [0.5, 0.6) is 0 Å². The third-order valence-corrected chi connectivity index (χ3v) is 6.36. The Labute approximate surface area is 154 Å². The van der Waals surface area contributed by atoms with Crippen molar-refractivity contribution in [1.82, 2.24) is 4.90 Å². The number of carbonyl (C=O) groups excluding carboxylic acids is 2. The average molecular weight is 439 g/mol. The molecule has 1 saturated heterocycles. The number of ether oxygens (including phenoxy) is 1. The summed E-state index contributed by atoms with van der Waals surface area (Å²) in [5.41, 5.74) is 0.158. The number of hydrogen-bond acceptors (Lipinski definition) is 5. The van der Waals surface area contributed by atoms with Crippen LogP contribution in [-0.4, -0.2) is 55.9 Å². The molecule has 1 aromatic carbocycles. The number of esters is 1. The highest BCUT2D eigenvalue weighted by molar-refractivity contribution is 9.10. The fourth-order valence-electron chi connectivity index (χ4n) is 2.60. The van der Waals surface area contributed by atoms with Crippen LogP contribution in [0.1, 0.15) is 23.7 Å². The number of benzene rings is 1. The largest absolute Gasteiger partial charge is 0.452 e. The van der Waals surface area contributed by atoms with E-state index >= 15 is 0 Å². The van der Waals surface area contributed by atoms with Gasteiger partial charge in [-0.05, 0) is 31.5 Å². The summed E-state index contributed by atoms with van der Waals surface area (Å²) in [7, 11) is -3.09. The zero-order valence-electron chi connectivity index (χ0n) is 13.0. The van der Waals surface area contributed by atoms with Crippen molar-refractivity contribution in [2.45, 2.75) is 19.4 Å². The zero-order chi connectivity index (χ0) is 17.9. The SMILES string of the molecule is CCN(C(=O)COC(=O)c1cc(Br)ccc1Cl)C1CCS(=O)(=O)C1. The average Bonchev–Trinajstić information content (AvgIpc) is 2.87. The lowest BCUT2D eigenvalue weighted by atomic mass is 10.2. The summed E-state index contributed by atoms with van der Waals surface area (Å²) < 4.78 is 28.8. The molecule has 24 heavy (non-hydrogen) atoms.